The number of aliphatic imine (C=N–C) groups is 1. The largest absolute Gasteiger partial charge is 0.357 e. The van der Waals surface area contributed by atoms with Gasteiger partial charge in [-0.3, -0.25) is 0 Å². The van der Waals surface area contributed by atoms with Crippen LogP contribution in [-0.2, 0) is 22.3 Å². The van der Waals surface area contributed by atoms with Crippen LogP contribution in [0.5, 0.6) is 0 Å². The summed E-state index contributed by atoms with van der Waals surface area (Å²) in [7, 11) is -3.36. The Hall–Kier alpha value is -1.60. The van der Waals surface area contributed by atoms with E-state index in [4.69, 9.17) is 0 Å². The van der Waals surface area contributed by atoms with E-state index in [1.807, 2.05) is 45.0 Å². The molecule has 1 aromatic carbocycles. The van der Waals surface area contributed by atoms with E-state index in [1.54, 1.807) is 0 Å². The molecule has 0 atom stereocenters. The maximum Gasteiger partial charge on any atom is 0.216 e. The van der Waals surface area contributed by atoms with E-state index >= 15 is 0 Å². The fourth-order valence-corrected chi connectivity index (χ4v) is 4.04. The van der Waals surface area contributed by atoms with Gasteiger partial charge in [0.1, 0.15) is 0 Å². The zero-order chi connectivity index (χ0) is 19.4. The molecule has 148 valence electrons. The van der Waals surface area contributed by atoms with Gasteiger partial charge < -0.3 is 10.6 Å². The van der Waals surface area contributed by atoms with E-state index in [2.05, 4.69) is 27.3 Å². The quantitative estimate of drug-likeness (QED) is 0.312. The lowest BCUT2D eigenvalue weighted by Crippen LogP contribution is -2.37. The van der Waals surface area contributed by atoms with Crippen molar-refractivity contribution < 1.29 is 8.42 Å². The Morgan fingerprint density at radius 3 is 2.38 bits per heavy atom. The lowest BCUT2D eigenvalue weighted by Gasteiger charge is -2.13. The van der Waals surface area contributed by atoms with Gasteiger partial charge in [0.2, 0.25) is 10.0 Å². The van der Waals surface area contributed by atoms with Crippen LogP contribution in [0.25, 0.3) is 0 Å². The number of nitrogens with zero attached hydrogens (tertiary/aromatic N) is 1. The van der Waals surface area contributed by atoms with E-state index in [1.165, 1.54) is 12.8 Å². The zero-order valence-electron chi connectivity index (χ0n) is 16.5. The molecule has 0 unspecified atom stereocenters. The van der Waals surface area contributed by atoms with Gasteiger partial charge in [-0.15, -0.1) is 0 Å². The number of sulfonamides is 1. The SMILES string of the molecule is CCCCCNC(=NCc1ccccc1CS(=O)(=O)NC(C)C)NCC. The Morgan fingerprint density at radius 1 is 1.08 bits per heavy atom. The van der Waals surface area contributed by atoms with Gasteiger partial charge in [0.25, 0.3) is 0 Å². The highest BCUT2D eigenvalue weighted by molar-refractivity contribution is 7.88. The van der Waals surface area contributed by atoms with Gasteiger partial charge in [0.15, 0.2) is 5.96 Å². The molecule has 1 rings (SSSR count). The molecule has 0 fully saturated rings. The normalized spacial score (nSPS) is 12.4. The van der Waals surface area contributed by atoms with Crippen molar-refractivity contribution >= 4 is 16.0 Å². The lowest BCUT2D eigenvalue weighted by molar-refractivity contribution is 0.569. The number of nitrogens with one attached hydrogen (secondary N) is 3. The average Bonchev–Trinajstić information content (AvgIpc) is 2.56. The highest BCUT2D eigenvalue weighted by Gasteiger charge is 2.15. The van der Waals surface area contributed by atoms with Crippen LogP contribution in [-0.4, -0.2) is 33.5 Å². The minimum Gasteiger partial charge on any atom is -0.357 e. The Balaban J connectivity index is 2.81. The van der Waals surface area contributed by atoms with Crippen molar-refractivity contribution in [3.05, 3.63) is 35.4 Å². The van der Waals surface area contributed by atoms with Gasteiger partial charge in [-0.2, -0.15) is 0 Å². The molecule has 6 nitrogen and oxygen atoms in total. The highest BCUT2D eigenvalue weighted by atomic mass is 32.2. The Labute approximate surface area is 158 Å². The second-order valence-electron chi connectivity index (χ2n) is 6.63. The molecule has 0 aliphatic heterocycles. The molecule has 0 spiro atoms. The maximum absolute atomic E-state index is 12.2. The van der Waals surface area contributed by atoms with Gasteiger partial charge in [-0.25, -0.2) is 18.1 Å². The summed E-state index contributed by atoms with van der Waals surface area (Å²) in [4.78, 5) is 4.61. The van der Waals surface area contributed by atoms with Gasteiger partial charge in [0.05, 0.1) is 12.3 Å². The molecule has 0 aliphatic carbocycles. The summed E-state index contributed by atoms with van der Waals surface area (Å²) in [6.45, 7) is 9.96. The van der Waals surface area contributed by atoms with Crippen LogP contribution in [0.1, 0.15) is 58.1 Å². The molecule has 0 amide bonds. The summed E-state index contributed by atoms with van der Waals surface area (Å²) in [6.07, 6.45) is 3.48. The number of benzene rings is 1. The second-order valence-corrected chi connectivity index (χ2v) is 8.38. The highest BCUT2D eigenvalue weighted by Crippen LogP contribution is 2.13. The summed E-state index contributed by atoms with van der Waals surface area (Å²) in [5, 5.41) is 6.56. The summed E-state index contributed by atoms with van der Waals surface area (Å²) in [5.41, 5.74) is 1.71. The minimum absolute atomic E-state index is 0.0304. The van der Waals surface area contributed by atoms with Crippen LogP contribution >= 0.6 is 0 Å². The molecule has 0 aromatic heterocycles. The van der Waals surface area contributed by atoms with Gasteiger partial charge in [0, 0.05) is 19.1 Å². The maximum atomic E-state index is 12.2. The molecule has 3 N–H and O–H groups in total. The van der Waals surface area contributed by atoms with Crippen LogP contribution in [0.15, 0.2) is 29.3 Å². The summed E-state index contributed by atoms with van der Waals surface area (Å²) in [6, 6.07) is 7.45. The predicted octanol–water partition coefficient (Wildman–Crippen LogP) is 2.76. The zero-order valence-corrected chi connectivity index (χ0v) is 17.3. The van der Waals surface area contributed by atoms with E-state index in [0.717, 1.165) is 36.6 Å². The first kappa shape index (κ1) is 22.4. The Morgan fingerprint density at radius 2 is 1.77 bits per heavy atom. The van der Waals surface area contributed by atoms with Gasteiger partial charge in [-0.05, 0) is 38.3 Å². The molecule has 0 saturated heterocycles. The fourth-order valence-electron chi connectivity index (χ4n) is 2.55. The van der Waals surface area contributed by atoms with E-state index < -0.39 is 10.0 Å². The number of guanidine groups is 1. The molecule has 0 saturated carbocycles. The Kier molecular flexibility index (Phi) is 10.3. The third kappa shape index (κ3) is 9.20. The van der Waals surface area contributed by atoms with Crippen LogP contribution in [0, 0.1) is 0 Å². The molecule has 0 bridgehead atoms. The van der Waals surface area contributed by atoms with Crippen LogP contribution in [0.3, 0.4) is 0 Å². The van der Waals surface area contributed by atoms with Gasteiger partial charge >= 0.3 is 0 Å². The van der Waals surface area contributed by atoms with E-state index in [-0.39, 0.29) is 11.8 Å². The molecular weight excluding hydrogens is 348 g/mol. The molecule has 0 radical (unpaired) electrons. The monoisotopic (exact) mass is 382 g/mol. The van der Waals surface area contributed by atoms with Gasteiger partial charge in [-0.1, -0.05) is 44.0 Å². The average molecular weight is 383 g/mol. The van der Waals surface area contributed by atoms with Crippen molar-refractivity contribution in [1.29, 1.82) is 0 Å². The van der Waals surface area contributed by atoms with Crippen LogP contribution < -0.4 is 15.4 Å². The molecule has 26 heavy (non-hydrogen) atoms. The van der Waals surface area contributed by atoms with Crippen LogP contribution in [0.4, 0.5) is 0 Å². The number of hydrogen-bond acceptors (Lipinski definition) is 3. The standard InChI is InChI=1S/C19H34N4O2S/c1-5-7-10-13-21-19(20-6-2)22-14-17-11-8-9-12-18(17)15-26(24,25)23-16(3)4/h8-9,11-12,16,23H,5-7,10,13-15H2,1-4H3,(H2,20,21,22). The first-order valence-electron chi connectivity index (χ1n) is 9.47. The Bertz CT molecular complexity index is 657. The number of rotatable bonds is 11. The summed E-state index contributed by atoms with van der Waals surface area (Å²) >= 11 is 0. The van der Waals surface area contributed by atoms with Crippen molar-refractivity contribution in [3.63, 3.8) is 0 Å². The van der Waals surface area contributed by atoms with Crippen molar-refractivity contribution in [3.8, 4) is 0 Å². The molecule has 0 aliphatic rings. The predicted molar refractivity (Wildman–Crippen MR) is 110 cm³/mol. The topological polar surface area (TPSA) is 82.6 Å². The third-order valence-electron chi connectivity index (χ3n) is 3.70. The molecule has 7 heteroatoms. The first-order valence-corrected chi connectivity index (χ1v) is 11.1. The van der Waals surface area contributed by atoms with Crippen LogP contribution in [0.2, 0.25) is 0 Å². The first-order chi connectivity index (χ1) is 12.4. The molecule has 0 heterocycles. The third-order valence-corrected chi connectivity index (χ3v) is 5.23. The smallest absolute Gasteiger partial charge is 0.216 e. The lowest BCUT2D eigenvalue weighted by atomic mass is 10.1. The molecule has 1 aromatic rings. The molecular formula is C19H34N4O2S. The van der Waals surface area contributed by atoms with E-state index in [9.17, 15) is 8.42 Å². The fraction of sp³-hybridized carbons (Fsp3) is 0.632. The number of hydrogen-bond donors (Lipinski definition) is 3. The minimum atomic E-state index is -3.36. The summed E-state index contributed by atoms with van der Waals surface area (Å²) < 4.78 is 27.1. The second kappa shape index (κ2) is 11.9. The van der Waals surface area contributed by atoms with E-state index in [0.29, 0.717) is 6.54 Å². The van der Waals surface area contributed by atoms with Crippen molar-refractivity contribution in [1.82, 2.24) is 15.4 Å². The van der Waals surface area contributed by atoms with Crippen molar-refractivity contribution in [2.45, 2.75) is 65.3 Å². The van der Waals surface area contributed by atoms with Crippen molar-refractivity contribution in [2.75, 3.05) is 13.1 Å². The number of unbranched alkanes of at least 4 members (excludes halogenated alkanes) is 2. The summed E-state index contributed by atoms with van der Waals surface area (Å²) in [5.74, 6) is 0.735. The van der Waals surface area contributed by atoms with Crippen molar-refractivity contribution in [2.24, 2.45) is 4.99 Å².